The first-order valence-corrected chi connectivity index (χ1v) is 6.47. The molecule has 0 bridgehead atoms. The molecule has 0 aliphatic rings. The van der Waals surface area contributed by atoms with Gasteiger partial charge in [-0.05, 0) is 37.9 Å². The molecule has 1 aromatic rings. The van der Waals surface area contributed by atoms with E-state index in [1.54, 1.807) is 0 Å². The van der Waals surface area contributed by atoms with E-state index < -0.39 is 0 Å². The molecule has 1 atom stereocenters. The Morgan fingerprint density at radius 2 is 2.17 bits per heavy atom. The monoisotopic (exact) mass is 269 g/mol. The number of nitrogens with two attached hydrogens (primary N) is 1. The zero-order valence-corrected chi connectivity index (χ0v) is 11.3. The van der Waals surface area contributed by atoms with Crippen molar-refractivity contribution in [3.63, 3.8) is 0 Å². The summed E-state index contributed by atoms with van der Waals surface area (Å²) in [5.41, 5.74) is 6.50. The quantitative estimate of drug-likeness (QED) is 0.234. The minimum absolute atomic E-state index is 0.225. The maximum atomic E-state index is 8.39. The SMILES string of the molecule is CC(NCCCC/C(N)=N/O)c1ccccc1Cl. The zero-order valence-electron chi connectivity index (χ0n) is 10.6. The number of amidine groups is 1. The predicted octanol–water partition coefficient (Wildman–Crippen LogP) is 2.91. The Labute approximate surface area is 113 Å². The first kappa shape index (κ1) is 14.8. The summed E-state index contributed by atoms with van der Waals surface area (Å²) in [6.45, 7) is 2.97. The second kappa shape index (κ2) is 7.95. The second-order valence-corrected chi connectivity index (χ2v) is 4.65. The van der Waals surface area contributed by atoms with Gasteiger partial charge in [-0.1, -0.05) is 35.0 Å². The van der Waals surface area contributed by atoms with Crippen molar-refractivity contribution in [3.05, 3.63) is 34.9 Å². The summed E-state index contributed by atoms with van der Waals surface area (Å²) in [5, 5.41) is 15.5. The summed E-state index contributed by atoms with van der Waals surface area (Å²) in [6, 6.07) is 8.06. The molecule has 18 heavy (non-hydrogen) atoms. The van der Waals surface area contributed by atoms with Crippen LogP contribution in [0, 0.1) is 0 Å². The fourth-order valence-corrected chi connectivity index (χ4v) is 2.04. The molecule has 5 heteroatoms. The van der Waals surface area contributed by atoms with Crippen molar-refractivity contribution < 1.29 is 5.21 Å². The molecule has 1 rings (SSSR count). The van der Waals surface area contributed by atoms with Crippen LogP contribution in [0.4, 0.5) is 0 Å². The van der Waals surface area contributed by atoms with E-state index in [4.69, 9.17) is 22.5 Å². The Morgan fingerprint density at radius 3 is 2.83 bits per heavy atom. The third-order valence-electron chi connectivity index (χ3n) is 2.81. The van der Waals surface area contributed by atoms with Gasteiger partial charge < -0.3 is 16.3 Å². The van der Waals surface area contributed by atoms with Gasteiger partial charge in [0.1, 0.15) is 5.84 Å². The molecule has 100 valence electrons. The Morgan fingerprint density at radius 1 is 1.44 bits per heavy atom. The maximum absolute atomic E-state index is 8.39. The predicted molar refractivity (Wildman–Crippen MR) is 75.1 cm³/mol. The molecule has 4 nitrogen and oxygen atoms in total. The smallest absolute Gasteiger partial charge is 0.139 e. The number of oxime groups is 1. The van der Waals surface area contributed by atoms with Gasteiger partial charge in [0.25, 0.3) is 0 Å². The highest BCUT2D eigenvalue weighted by Gasteiger charge is 2.07. The van der Waals surface area contributed by atoms with Crippen LogP contribution in [0.2, 0.25) is 5.02 Å². The fourth-order valence-electron chi connectivity index (χ4n) is 1.74. The van der Waals surface area contributed by atoms with E-state index in [0.29, 0.717) is 6.42 Å². The van der Waals surface area contributed by atoms with E-state index >= 15 is 0 Å². The van der Waals surface area contributed by atoms with Crippen LogP contribution in [0.3, 0.4) is 0 Å². The number of nitrogens with one attached hydrogen (secondary N) is 1. The molecular formula is C13H20ClN3O. The summed E-state index contributed by atoms with van der Waals surface area (Å²) in [7, 11) is 0. The summed E-state index contributed by atoms with van der Waals surface area (Å²) in [5.74, 6) is 0.286. The van der Waals surface area contributed by atoms with Crippen LogP contribution in [0.1, 0.15) is 37.8 Å². The highest BCUT2D eigenvalue weighted by Crippen LogP contribution is 2.21. The van der Waals surface area contributed by atoms with Crippen LogP contribution in [0.25, 0.3) is 0 Å². The minimum atomic E-state index is 0.225. The summed E-state index contributed by atoms with van der Waals surface area (Å²) in [4.78, 5) is 0. The Balaban J connectivity index is 2.26. The molecule has 0 saturated heterocycles. The summed E-state index contributed by atoms with van der Waals surface area (Å²) < 4.78 is 0. The number of halogens is 1. The third-order valence-corrected chi connectivity index (χ3v) is 3.15. The largest absolute Gasteiger partial charge is 0.409 e. The lowest BCUT2D eigenvalue weighted by Crippen LogP contribution is -2.20. The van der Waals surface area contributed by atoms with Gasteiger partial charge in [0.15, 0.2) is 0 Å². The average Bonchev–Trinajstić information content (AvgIpc) is 2.38. The molecule has 0 aliphatic heterocycles. The van der Waals surface area contributed by atoms with Gasteiger partial charge in [-0.2, -0.15) is 0 Å². The number of hydrogen-bond donors (Lipinski definition) is 3. The zero-order chi connectivity index (χ0) is 13.4. The molecule has 1 aromatic carbocycles. The van der Waals surface area contributed by atoms with Gasteiger partial charge in [-0.3, -0.25) is 0 Å². The number of hydrogen-bond acceptors (Lipinski definition) is 3. The third kappa shape index (κ3) is 4.94. The fraction of sp³-hybridized carbons (Fsp3) is 0.462. The van der Waals surface area contributed by atoms with Crippen molar-refractivity contribution in [1.82, 2.24) is 5.32 Å². The molecule has 0 heterocycles. The van der Waals surface area contributed by atoms with Crippen LogP contribution < -0.4 is 11.1 Å². The first-order valence-electron chi connectivity index (χ1n) is 6.09. The van der Waals surface area contributed by atoms with Crippen molar-refractivity contribution >= 4 is 17.4 Å². The molecule has 0 amide bonds. The second-order valence-electron chi connectivity index (χ2n) is 4.25. The Hall–Kier alpha value is -1.26. The number of rotatable bonds is 7. The lowest BCUT2D eigenvalue weighted by atomic mass is 10.1. The van der Waals surface area contributed by atoms with Crippen molar-refractivity contribution in [1.29, 1.82) is 0 Å². The normalized spacial score (nSPS) is 13.6. The van der Waals surface area contributed by atoms with E-state index in [1.165, 1.54) is 0 Å². The van der Waals surface area contributed by atoms with Gasteiger partial charge in [-0.25, -0.2) is 0 Å². The van der Waals surface area contributed by atoms with Crippen molar-refractivity contribution in [3.8, 4) is 0 Å². The first-order chi connectivity index (χ1) is 8.65. The number of nitrogens with zero attached hydrogens (tertiary/aromatic N) is 1. The van der Waals surface area contributed by atoms with Gasteiger partial charge in [-0.15, -0.1) is 0 Å². The molecule has 0 spiro atoms. The summed E-state index contributed by atoms with van der Waals surface area (Å²) in [6.07, 6.45) is 2.50. The molecule has 0 fully saturated rings. The topological polar surface area (TPSA) is 70.6 Å². The number of unbranched alkanes of at least 4 members (excludes halogenated alkanes) is 1. The van der Waals surface area contributed by atoms with Crippen LogP contribution in [0.15, 0.2) is 29.4 Å². The molecule has 1 unspecified atom stereocenters. The van der Waals surface area contributed by atoms with Crippen molar-refractivity contribution in [2.24, 2.45) is 10.9 Å². The minimum Gasteiger partial charge on any atom is -0.409 e. The van der Waals surface area contributed by atoms with Gasteiger partial charge in [0, 0.05) is 17.5 Å². The van der Waals surface area contributed by atoms with E-state index in [2.05, 4.69) is 17.4 Å². The van der Waals surface area contributed by atoms with E-state index in [0.717, 1.165) is 30.0 Å². The lowest BCUT2D eigenvalue weighted by molar-refractivity contribution is 0.316. The van der Waals surface area contributed by atoms with Crippen LogP contribution in [-0.2, 0) is 0 Å². The highest BCUT2D eigenvalue weighted by molar-refractivity contribution is 6.31. The van der Waals surface area contributed by atoms with Crippen molar-refractivity contribution in [2.45, 2.75) is 32.2 Å². The van der Waals surface area contributed by atoms with Gasteiger partial charge in [0.2, 0.25) is 0 Å². The van der Waals surface area contributed by atoms with E-state index in [9.17, 15) is 0 Å². The maximum Gasteiger partial charge on any atom is 0.139 e. The molecule has 0 aliphatic carbocycles. The van der Waals surface area contributed by atoms with Crippen molar-refractivity contribution in [2.75, 3.05) is 6.54 Å². The Kier molecular flexibility index (Phi) is 6.54. The Bertz CT molecular complexity index is 396. The molecule has 0 saturated carbocycles. The van der Waals surface area contributed by atoms with E-state index in [-0.39, 0.29) is 11.9 Å². The van der Waals surface area contributed by atoms with Gasteiger partial charge >= 0.3 is 0 Å². The summed E-state index contributed by atoms with van der Waals surface area (Å²) >= 11 is 6.12. The van der Waals surface area contributed by atoms with Crippen LogP contribution >= 0.6 is 11.6 Å². The molecule has 0 radical (unpaired) electrons. The molecular weight excluding hydrogens is 250 g/mol. The standard InChI is InChI=1S/C13H20ClN3O/c1-10(11-6-2-3-7-12(11)14)16-9-5-4-8-13(15)17-18/h2-3,6-7,10,16,18H,4-5,8-9H2,1H3,(H2,15,17). The molecule has 0 aromatic heterocycles. The van der Waals surface area contributed by atoms with Crippen LogP contribution in [-0.4, -0.2) is 17.6 Å². The average molecular weight is 270 g/mol. The van der Waals surface area contributed by atoms with Crippen LogP contribution in [0.5, 0.6) is 0 Å². The van der Waals surface area contributed by atoms with Gasteiger partial charge in [0.05, 0.1) is 0 Å². The lowest BCUT2D eigenvalue weighted by Gasteiger charge is -2.15. The molecule has 4 N–H and O–H groups in total. The number of benzene rings is 1. The van der Waals surface area contributed by atoms with E-state index in [1.807, 2.05) is 24.3 Å². The highest BCUT2D eigenvalue weighted by atomic mass is 35.5.